The molecular weight excluding hydrogens is 360 g/mol. The van der Waals surface area contributed by atoms with Crippen molar-refractivity contribution >= 4 is 6.08 Å². The first-order valence-electron chi connectivity index (χ1n) is 10.8. The number of ether oxygens (including phenoxy) is 1. The maximum Gasteiger partial charge on any atom is 0.118 e. The third-order valence-corrected chi connectivity index (χ3v) is 8.05. The van der Waals surface area contributed by atoms with Gasteiger partial charge in [0.25, 0.3) is 0 Å². The zero-order valence-electron chi connectivity index (χ0n) is 17.3. The first-order valence-corrected chi connectivity index (χ1v) is 10.8. The molecule has 0 heterocycles. The predicted octanol–water partition coefficient (Wildman–Crippen LogP) is 5.31. The molecule has 2 saturated carbocycles. The topological polar surface area (TPSA) is 49.7 Å². The third-order valence-electron chi connectivity index (χ3n) is 8.05. The van der Waals surface area contributed by atoms with Crippen molar-refractivity contribution < 1.29 is 14.9 Å². The van der Waals surface area contributed by atoms with E-state index in [1.54, 1.807) is 7.11 Å². The average molecular weight is 391 g/mol. The highest BCUT2D eigenvalue weighted by Gasteiger charge is 2.56. The van der Waals surface area contributed by atoms with Crippen LogP contribution in [0.3, 0.4) is 0 Å². The van der Waals surface area contributed by atoms with E-state index in [0.717, 1.165) is 43.4 Å². The number of hydrogen-bond acceptors (Lipinski definition) is 3. The Labute approximate surface area is 173 Å². The Morgan fingerprint density at radius 1 is 1.10 bits per heavy atom. The summed E-state index contributed by atoms with van der Waals surface area (Å²) in [6, 6.07) is 14.0. The normalized spacial score (nSPS) is 34.4. The molecule has 0 radical (unpaired) electrons. The molecule has 2 aromatic carbocycles. The van der Waals surface area contributed by atoms with Crippen LogP contribution in [0.2, 0.25) is 0 Å². The van der Waals surface area contributed by atoms with Gasteiger partial charge in [-0.15, -0.1) is 0 Å². The summed E-state index contributed by atoms with van der Waals surface area (Å²) in [6.07, 6.45) is 7.18. The highest BCUT2D eigenvalue weighted by Crippen LogP contribution is 2.62. The Morgan fingerprint density at radius 2 is 1.90 bits per heavy atom. The second-order valence-electron chi connectivity index (χ2n) is 9.44. The number of fused-ring (bicyclic) bond motifs is 5. The van der Waals surface area contributed by atoms with Crippen LogP contribution in [-0.2, 0) is 6.42 Å². The van der Waals surface area contributed by atoms with Crippen molar-refractivity contribution in [3.8, 4) is 11.5 Å². The molecule has 2 aromatic rings. The van der Waals surface area contributed by atoms with Crippen LogP contribution in [0.15, 0.2) is 48.0 Å². The van der Waals surface area contributed by atoms with Crippen LogP contribution in [0.25, 0.3) is 6.08 Å². The molecule has 2 N–H and O–H groups in total. The lowest BCUT2D eigenvalue weighted by atomic mass is 9.55. The molecule has 29 heavy (non-hydrogen) atoms. The zero-order valence-corrected chi connectivity index (χ0v) is 17.3. The summed E-state index contributed by atoms with van der Waals surface area (Å²) in [5, 5.41) is 21.2. The molecule has 0 aliphatic heterocycles. The lowest BCUT2D eigenvalue weighted by molar-refractivity contribution is -0.0158. The van der Waals surface area contributed by atoms with Crippen molar-refractivity contribution in [1.29, 1.82) is 0 Å². The minimum atomic E-state index is -0.364. The number of aliphatic hydroxyl groups excluding tert-OH is 1. The summed E-state index contributed by atoms with van der Waals surface area (Å²) >= 11 is 0. The fourth-order valence-electron chi connectivity index (χ4n) is 6.48. The molecular formula is C26H30O3. The Hall–Kier alpha value is -2.26. The summed E-state index contributed by atoms with van der Waals surface area (Å²) in [5.74, 6) is 2.92. The standard InChI is InChI=1S/C26H30O3/c1-26-12-11-22-21-10-6-19(27)14-17(21)5-9-23(22)24(26)15-18(25(26)28)13-16-3-7-20(29-2)8-4-16/h3-4,6-8,10,13-14,22-25,27-28H,5,9,11-12,15H2,1-2H3/b18-13+/t22-,23-,24-,25-,26-/m0/s1. The molecule has 3 aliphatic rings. The van der Waals surface area contributed by atoms with Gasteiger partial charge in [0, 0.05) is 5.41 Å². The molecule has 2 fully saturated rings. The van der Waals surface area contributed by atoms with E-state index in [4.69, 9.17) is 4.74 Å². The molecule has 0 aromatic heterocycles. The molecule has 3 nitrogen and oxygen atoms in total. The summed E-state index contributed by atoms with van der Waals surface area (Å²) in [4.78, 5) is 0. The molecule has 0 bridgehead atoms. The molecule has 0 spiro atoms. The summed E-state index contributed by atoms with van der Waals surface area (Å²) in [7, 11) is 1.68. The van der Waals surface area contributed by atoms with E-state index in [0.29, 0.717) is 23.5 Å². The van der Waals surface area contributed by atoms with E-state index in [-0.39, 0.29) is 11.5 Å². The number of phenolic OH excluding ortho intramolecular Hbond substituents is 1. The lowest BCUT2D eigenvalue weighted by Crippen LogP contribution is -2.44. The van der Waals surface area contributed by atoms with Gasteiger partial charge < -0.3 is 14.9 Å². The fourth-order valence-corrected chi connectivity index (χ4v) is 6.48. The fraction of sp³-hybridized carbons (Fsp3) is 0.462. The SMILES string of the molecule is COc1ccc(/C=C2\C[C@H]3[C@H]4CCc5cc(O)ccc5[C@@H]4CC[C@]3(C)[C@H]2O)cc1. The van der Waals surface area contributed by atoms with Crippen molar-refractivity contribution in [3.05, 3.63) is 64.7 Å². The van der Waals surface area contributed by atoms with Gasteiger partial charge in [-0.05, 0) is 96.4 Å². The van der Waals surface area contributed by atoms with E-state index >= 15 is 0 Å². The quantitative estimate of drug-likeness (QED) is 0.730. The number of aryl methyl sites for hydroxylation is 1. The molecule has 0 unspecified atom stereocenters. The Bertz CT molecular complexity index is 945. The van der Waals surface area contributed by atoms with E-state index in [1.807, 2.05) is 24.3 Å². The van der Waals surface area contributed by atoms with Crippen LogP contribution >= 0.6 is 0 Å². The Morgan fingerprint density at radius 3 is 2.66 bits per heavy atom. The number of phenols is 1. The van der Waals surface area contributed by atoms with Gasteiger partial charge in [-0.2, -0.15) is 0 Å². The molecule has 0 amide bonds. The van der Waals surface area contributed by atoms with E-state index in [9.17, 15) is 10.2 Å². The number of aromatic hydroxyl groups is 1. The first kappa shape index (κ1) is 18.7. The van der Waals surface area contributed by atoms with Crippen LogP contribution in [0, 0.1) is 17.3 Å². The summed E-state index contributed by atoms with van der Waals surface area (Å²) < 4.78 is 5.26. The summed E-state index contributed by atoms with van der Waals surface area (Å²) in [5.41, 5.74) is 5.03. The molecule has 3 heteroatoms. The number of methoxy groups -OCH3 is 1. The van der Waals surface area contributed by atoms with Crippen LogP contribution in [0.4, 0.5) is 0 Å². The van der Waals surface area contributed by atoms with Crippen LogP contribution in [0.5, 0.6) is 11.5 Å². The largest absolute Gasteiger partial charge is 0.508 e. The first-order chi connectivity index (χ1) is 14.0. The molecule has 5 atom stereocenters. The van der Waals surface area contributed by atoms with Crippen molar-refractivity contribution in [2.45, 2.75) is 51.0 Å². The second kappa shape index (κ2) is 6.91. The van der Waals surface area contributed by atoms with Crippen LogP contribution < -0.4 is 4.74 Å². The van der Waals surface area contributed by atoms with E-state index < -0.39 is 0 Å². The maximum atomic E-state index is 11.3. The van der Waals surface area contributed by atoms with Gasteiger partial charge in [0.05, 0.1) is 13.2 Å². The lowest BCUT2D eigenvalue weighted by Gasteiger charge is -2.49. The van der Waals surface area contributed by atoms with Gasteiger partial charge in [-0.25, -0.2) is 0 Å². The molecule has 3 aliphatic carbocycles. The number of hydrogen-bond donors (Lipinski definition) is 2. The van der Waals surface area contributed by atoms with Crippen molar-refractivity contribution in [2.75, 3.05) is 7.11 Å². The molecule has 5 rings (SSSR count). The van der Waals surface area contributed by atoms with Gasteiger partial charge in [0.15, 0.2) is 0 Å². The van der Waals surface area contributed by atoms with Crippen LogP contribution in [-0.4, -0.2) is 23.4 Å². The van der Waals surface area contributed by atoms with Crippen molar-refractivity contribution in [1.82, 2.24) is 0 Å². The van der Waals surface area contributed by atoms with Gasteiger partial charge in [0.2, 0.25) is 0 Å². The zero-order chi connectivity index (χ0) is 20.2. The molecule has 152 valence electrons. The van der Waals surface area contributed by atoms with Gasteiger partial charge >= 0.3 is 0 Å². The minimum absolute atomic E-state index is 0.0338. The minimum Gasteiger partial charge on any atom is -0.508 e. The monoisotopic (exact) mass is 390 g/mol. The number of rotatable bonds is 2. The summed E-state index contributed by atoms with van der Waals surface area (Å²) in [6.45, 7) is 2.31. The van der Waals surface area contributed by atoms with E-state index in [1.165, 1.54) is 16.7 Å². The third kappa shape index (κ3) is 2.98. The Balaban J connectivity index is 1.45. The Kier molecular flexibility index (Phi) is 4.47. The molecule has 0 saturated heterocycles. The van der Waals surface area contributed by atoms with Crippen LogP contribution in [0.1, 0.15) is 55.2 Å². The predicted molar refractivity (Wildman–Crippen MR) is 115 cm³/mol. The average Bonchev–Trinajstić information content (AvgIpc) is 2.99. The van der Waals surface area contributed by atoms with Crippen molar-refractivity contribution in [3.63, 3.8) is 0 Å². The van der Waals surface area contributed by atoms with Gasteiger partial charge in [0.1, 0.15) is 11.5 Å². The number of benzene rings is 2. The smallest absolute Gasteiger partial charge is 0.118 e. The van der Waals surface area contributed by atoms with E-state index in [2.05, 4.69) is 31.2 Å². The maximum absolute atomic E-state index is 11.3. The number of aliphatic hydroxyl groups is 1. The van der Waals surface area contributed by atoms with Gasteiger partial charge in [-0.3, -0.25) is 0 Å². The highest BCUT2D eigenvalue weighted by atomic mass is 16.5. The second-order valence-corrected chi connectivity index (χ2v) is 9.44. The highest BCUT2D eigenvalue weighted by molar-refractivity contribution is 5.56. The van der Waals surface area contributed by atoms with Gasteiger partial charge in [-0.1, -0.05) is 31.2 Å². The van der Waals surface area contributed by atoms with Crippen molar-refractivity contribution in [2.24, 2.45) is 17.3 Å².